The highest BCUT2D eigenvalue weighted by molar-refractivity contribution is 7.99. The van der Waals surface area contributed by atoms with Crippen molar-refractivity contribution in [2.75, 3.05) is 12.3 Å². The van der Waals surface area contributed by atoms with Crippen molar-refractivity contribution in [3.63, 3.8) is 0 Å². The molecular formula is C14H16FNOS. The van der Waals surface area contributed by atoms with Gasteiger partial charge in [-0.05, 0) is 55.1 Å². The van der Waals surface area contributed by atoms with Gasteiger partial charge < -0.3 is 9.73 Å². The van der Waals surface area contributed by atoms with Gasteiger partial charge in [0.25, 0.3) is 0 Å². The second kappa shape index (κ2) is 7.24. The summed E-state index contributed by atoms with van der Waals surface area (Å²) in [5.74, 6) is 1.80. The highest BCUT2D eigenvalue weighted by atomic mass is 32.2. The largest absolute Gasteiger partial charge is 0.468 e. The zero-order valence-electron chi connectivity index (χ0n) is 10.1. The van der Waals surface area contributed by atoms with E-state index < -0.39 is 0 Å². The summed E-state index contributed by atoms with van der Waals surface area (Å²) in [6, 6.07) is 10.5. The Hall–Kier alpha value is -1.26. The van der Waals surface area contributed by atoms with Crippen molar-refractivity contribution in [3.8, 4) is 0 Å². The Balaban J connectivity index is 1.55. The van der Waals surface area contributed by atoms with Crippen LogP contribution in [-0.2, 0) is 6.54 Å². The van der Waals surface area contributed by atoms with Crippen molar-refractivity contribution in [1.29, 1.82) is 0 Å². The molecule has 1 aromatic heterocycles. The molecule has 0 aliphatic rings. The lowest BCUT2D eigenvalue weighted by Crippen LogP contribution is -2.14. The van der Waals surface area contributed by atoms with Crippen LogP contribution in [0.15, 0.2) is 52.0 Å². The van der Waals surface area contributed by atoms with Gasteiger partial charge in [-0.1, -0.05) is 0 Å². The highest BCUT2D eigenvalue weighted by Gasteiger charge is 1.96. The monoisotopic (exact) mass is 265 g/mol. The maximum Gasteiger partial charge on any atom is 0.123 e. The van der Waals surface area contributed by atoms with E-state index in [0.29, 0.717) is 0 Å². The number of furan rings is 1. The van der Waals surface area contributed by atoms with Gasteiger partial charge >= 0.3 is 0 Å². The van der Waals surface area contributed by atoms with E-state index in [0.717, 1.165) is 35.9 Å². The van der Waals surface area contributed by atoms with Crippen LogP contribution < -0.4 is 5.32 Å². The maximum atomic E-state index is 12.7. The quantitative estimate of drug-likeness (QED) is 0.610. The molecule has 0 unspecified atom stereocenters. The number of hydrogen-bond donors (Lipinski definition) is 1. The highest BCUT2D eigenvalue weighted by Crippen LogP contribution is 2.18. The van der Waals surface area contributed by atoms with Crippen molar-refractivity contribution in [2.45, 2.75) is 17.9 Å². The molecule has 0 saturated carbocycles. The van der Waals surface area contributed by atoms with Gasteiger partial charge in [-0.2, -0.15) is 0 Å². The van der Waals surface area contributed by atoms with Crippen LogP contribution in [0.2, 0.25) is 0 Å². The van der Waals surface area contributed by atoms with Crippen LogP contribution in [0.1, 0.15) is 12.2 Å². The van der Waals surface area contributed by atoms with Crippen molar-refractivity contribution in [3.05, 3.63) is 54.2 Å². The van der Waals surface area contributed by atoms with E-state index in [9.17, 15) is 4.39 Å². The van der Waals surface area contributed by atoms with Gasteiger partial charge in [0.15, 0.2) is 0 Å². The van der Waals surface area contributed by atoms with Gasteiger partial charge in [0.1, 0.15) is 11.6 Å². The van der Waals surface area contributed by atoms with E-state index in [1.165, 1.54) is 12.1 Å². The fourth-order valence-electron chi connectivity index (χ4n) is 1.54. The minimum atomic E-state index is -0.181. The third kappa shape index (κ3) is 4.55. The third-order valence-corrected chi connectivity index (χ3v) is 3.56. The van der Waals surface area contributed by atoms with Gasteiger partial charge in [-0.15, -0.1) is 11.8 Å². The van der Waals surface area contributed by atoms with Gasteiger partial charge in [0.05, 0.1) is 12.8 Å². The molecule has 0 aliphatic heterocycles. The van der Waals surface area contributed by atoms with E-state index in [2.05, 4.69) is 5.32 Å². The molecule has 0 atom stereocenters. The number of nitrogens with one attached hydrogen (secondary N) is 1. The topological polar surface area (TPSA) is 25.2 Å². The molecule has 4 heteroatoms. The van der Waals surface area contributed by atoms with Crippen LogP contribution >= 0.6 is 11.8 Å². The zero-order valence-corrected chi connectivity index (χ0v) is 10.9. The Labute approximate surface area is 111 Å². The second-order valence-corrected chi connectivity index (χ2v) is 5.08. The molecule has 1 heterocycles. The van der Waals surface area contributed by atoms with E-state index in [4.69, 9.17) is 4.42 Å². The molecule has 1 aromatic carbocycles. The number of halogens is 1. The molecule has 18 heavy (non-hydrogen) atoms. The molecule has 0 fully saturated rings. The molecule has 0 radical (unpaired) electrons. The summed E-state index contributed by atoms with van der Waals surface area (Å²) in [6.45, 7) is 1.73. The van der Waals surface area contributed by atoms with E-state index in [1.807, 2.05) is 24.3 Å². The Morgan fingerprint density at radius 2 is 2.00 bits per heavy atom. The van der Waals surface area contributed by atoms with Crippen LogP contribution in [0.5, 0.6) is 0 Å². The van der Waals surface area contributed by atoms with E-state index in [-0.39, 0.29) is 5.82 Å². The summed E-state index contributed by atoms with van der Waals surface area (Å²) in [5.41, 5.74) is 0. The average molecular weight is 265 g/mol. The molecule has 0 spiro atoms. The Morgan fingerprint density at radius 3 is 2.72 bits per heavy atom. The molecule has 0 bridgehead atoms. The minimum absolute atomic E-state index is 0.181. The maximum absolute atomic E-state index is 12.7. The smallest absolute Gasteiger partial charge is 0.123 e. The third-order valence-electron chi connectivity index (χ3n) is 2.46. The predicted molar refractivity (Wildman–Crippen MR) is 72.2 cm³/mol. The summed E-state index contributed by atoms with van der Waals surface area (Å²) in [6.07, 6.45) is 2.75. The van der Waals surface area contributed by atoms with Crippen LogP contribution in [0.3, 0.4) is 0 Å². The van der Waals surface area contributed by atoms with Gasteiger partial charge in [-0.25, -0.2) is 4.39 Å². The predicted octanol–water partition coefficient (Wildman–Crippen LogP) is 3.69. The van der Waals surface area contributed by atoms with Gasteiger partial charge in [-0.3, -0.25) is 0 Å². The SMILES string of the molecule is Fc1ccc(SCCCNCc2ccco2)cc1. The first-order valence-corrected chi connectivity index (χ1v) is 6.94. The Kier molecular flexibility index (Phi) is 5.30. The molecule has 0 amide bonds. The average Bonchev–Trinajstić information content (AvgIpc) is 2.89. The Bertz CT molecular complexity index is 441. The van der Waals surface area contributed by atoms with E-state index in [1.54, 1.807) is 18.0 Å². The molecular weight excluding hydrogens is 249 g/mol. The molecule has 0 saturated heterocycles. The lowest BCUT2D eigenvalue weighted by atomic mass is 10.4. The first-order chi connectivity index (χ1) is 8.84. The van der Waals surface area contributed by atoms with Crippen molar-refractivity contribution in [1.82, 2.24) is 5.32 Å². The van der Waals surface area contributed by atoms with Gasteiger partial charge in [0, 0.05) is 4.90 Å². The molecule has 96 valence electrons. The number of thioether (sulfide) groups is 1. The molecule has 2 nitrogen and oxygen atoms in total. The normalized spacial score (nSPS) is 10.7. The standard InChI is InChI=1S/C14H16FNOS/c15-12-4-6-14(7-5-12)18-10-2-8-16-11-13-3-1-9-17-13/h1,3-7,9,16H,2,8,10-11H2. The fourth-order valence-corrected chi connectivity index (χ4v) is 2.40. The van der Waals surface area contributed by atoms with Crippen LogP contribution in [0, 0.1) is 5.82 Å². The lowest BCUT2D eigenvalue weighted by Gasteiger charge is -2.03. The fraction of sp³-hybridized carbons (Fsp3) is 0.286. The van der Waals surface area contributed by atoms with Crippen molar-refractivity contribution in [2.24, 2.45) is 0 Å². The number of rotatable bonds is 7. The second-order valence-electron chi connectivity index (χ2n) is 3.91. The van der Waals surface area contributed by atoms with Crippen LogP contribution in [0.4, 0.5) is 4.39 Å². The summed E-state index contributed by atoms with van der Waals surface area (Å²) in [5, 5.41) is 3.32. The summed E-state index contributed by atoms with van der Waals surface area (Å²) in [4.78, 5) is 1.11. The van der Waals surface area contributed by atoms with Crippen LogP contribution in [-0.4, -0.2) is 12.3 Å². The van der Waals surface area contributed by atoms with E-state index >= 15 is 0 Å². The van der Waals surface area contributed by atoms with Crippen LogP contribution in [0.25, 0.3) is 0 Å². The minimum Gasteiger partial charge on any atom is -0.468 e. The molecule has 0 aliphatic carbocycles. The van der Waals surface area contributed by atoms with Crippen molar-refractivity contribution < 1.29 is 8.81 Å². The molecule has 1 N–H and O–H groups in total. The number of benzene rings is 1. The van der Waals surface area contributed by atoms with Gasteiger partial charge in [0.2, 0.25) is 0 Å². The Morgan fingerprint density at radius 1 is 1.17 bits per heavy atom. The zero-order chi connectivity index (χ0) is 12.6. The first kappa shape index (κ1) is 13.2. The molecule has 2 aromatic rings. The molecule has 2 rings (SSSR count). The number of hydrogen-bond acceptors (Lipinski definition) is 3. The first-order valence-electron chi connectivity index (χ1n) is 5.96. The summed E-state index contributed by atoms with van der Waals surface area (Å²) >= 11 is 1.75. The van der Waals surface area contributed by atoms with Crippen molar-refractivity contribution >= 4 is 11.8 Å². The lowest BCUT2D eigenvalue weighted by molar-refractivity contribution is 0.483. The summed E-state index contributed by atoms with van der Waals surface area (Å²) < 4.78 is 17.9. The summed E-state index contributed by atoms with van der Waals surface area (Å²) in [7, 11) is 0.